The van der Waals surface area contributed by atoms with Crippen LogP contribution in [0.5, 0.6) is 0 Å². The van der Waals surface area contributed by atoms with Gasteiger partial charge in [0, 0.05) is 27.2 Å². The minimum Gasteiger partial charge on any atom is -0.385 e. The standard InChI is InChI=1S/C47H37N3/c48-45(27-15-10-16-33-30-36(34-17-4-1-5-18-34)32-37(31-33)35-19-6-2-7-20-35)50-42-25-13-11-23-39(42)40-28-29-44-46(47(40)50)41-24-12-14-26-43(41)49(44)38-21-8-3-9-22-38/h1,3-6,8-15,17-32H,2,7,16,48H2/b15-10-,45-27+. The average molecular weight is 644 g/mol. The number of nitrogens with two attached hydrogens (primary N) is 1. The normalized spacial score (nSPS) is 13.7. The van der Waals surface area contributed by atoms with Crippen LogP contribution in [0.4, 0.5) is 0 Å². The van der Waals surface area contributed by atoms with Gasteiger partial charge < -0.3 is 10.3 Å². The summed E-state index contributed by atoms with van der Waals surface area (Å²) in [5.41, 5.74) is 19.1. The zero-order chi connectivity index (χ0) is 33.4. The molecule has 0 saturated heterocycles. The number of benzene rings is 6. The van der Waals surface area contributed by atoms with Gasteiger partial charge in [0.2, 0.25) is 0 Å². The van der Waals surface area contributed by atoms with Crippen LogP contribution in [0.3, 0.4) is 0 Å². The van der Waals surface area contributed by atoms with E-state index in [2.05, 4.69) is 185 Å². The molecule has 6 aromatic carbocycles. The van der Waals surface area contributed by atoms with Gasteiger partial charge in [-0.3, -0.25) is 4.57 Å². The minimum absolute atomic E-state index is 0.688. The number of nitrogens with zero attached hydrogens (tertiary/aromatic N) is 2. The summed E-state index contributed by atoms with van der Waals surface area (Å²) in [7, 11) is 0. The first-order valence-corrected chi connectivity index (χ1v) is 17.4. The summed E-state index contributed by atoms with van der Waals surface area (Å²) in [5.74, 6) is 0.688. The zero-order valence-electron chi connectivity index (χ0n) is 27.8. The Morgan fingerprint density at radius 1 is 0.620 bits per heavy atom. The number of aromatic nitrogens is 2. The summed E-state index contributed by atoms with van der Waals surface area (Å²) < 4.78 is 4.61. The van der Waals surface area contributed by atoms with Crippen LogP contribution in [0, 0.1) is 0 Å². The molecule has 1 aliphatic carbocycles. The lowest BCUT2D eigenvalue weighted by atomic mass is 9.93. The van der Waals surface area contributed by atoms with Crippen molar-refractivity contribution in [2.24, 2.45) is 5.73 Å². The quantitative estimate of drug-likeness (QED) is 0.172. The van der Waals surface area contributed by atoms with Gasteiger partial charge in [-0.05, 0) is 89.6 Å². The molecular weight excluding hydrogens is 607 g/mol. The molecule has 0 unspecified atom stereocenters. The number of allylic oxidation sites excluding steroid dienone is 7. The largest absolute Gasteiger partial charge is 0.385 e. The van der Waals surface area contributed by atoms with Crippen molar-refractivity contribution in [2.45, 2.75) is 19.3 Å². The highest BCUT2D eigenvalue weighted by atomic mass is 15.1. The van der Waals surface area contributed by atoms with E-state index in [-0.39, 0.29) is 0 Å². The second kappa shape index (κ2) is 12.6. The van der Waals surface area contributed by atoms with Crippen molar-refractivity contribution < 1.29 is 0 Å². The van der Waals surface area contributed by atoms with Crippen LogP contribution in [-0.2, 0) is 6.42 Å². The Morgan fingerprint density at radius 3 is 2.14 bits per heavy atom. The first kappa shape index (κ1) is 29.8. The van der Waals surface area contributed by atoms with E-state index < -0.39 is 0 Å². The molecule has 3 nitrogen and oxygen atoms in total. The molecule has 0 atom stereocenters. The van der Waals surface area contributed by atoms with E-state index in [4.69, 9.17) is 5.73 Å². The SMILES string of the molecule is N/C(=C\C=C/Cc1cc(C2=CCCC=C2)cc(-c2ccccc2)c1)n1c2ccccc2c2ccc3c(c4ccccc4n3-c3ccccc3)c21. The number of hydrogen-bond donors (Lipinski definition) is 1. The van der Waals surface area contributed by atoms with Crippen molar-refractivity contribution in [3.63, 3.8) is 0 Å². The highest BCUT2D eigenvalue weighted by Gasteiger charge is 2.20. The Bertz CT molecular complexity index is 2660. The Balaban J connectivity index is 1.15. The minimum atomic E-state index is 0.688. The van der Waals surface area contributed by atoms with Crippen LogP contribution in [-0.4, -0.2) is 9.13 Å². The lowest BCUT2D eigenvalue weighted by Crippen LogP contribution is -2.05. The van der Waals surface area contributed by atoms with Crippen molar-refractivity contribution in [1.82, 2.24) is 9.13 Å². The summed E-state index contributed by atoms with van der Waals surface area (Å²) in [5, 5.41) is 4.80. The van der Waals surface area contributed by atoms with E-state index in [1.54, 1.807) is 0 Å². The van der Waals surface area contributed by atoms with Gasteiger partial charge in [-0.25, -0.2) is 0 Å². The van der Waals surface area contributed by atoms with Crippen molar-refractivity contribution in [3.8, 4) is 16.8 Å². The summed E-state index contributed by atoms with van der Waals surface area (Å²) in [6.45, 7) is 0. The molecule has 2 heterocycles. The third kappa shape index (κ3) is 5.15. The third-order valence-corrected chi connectivity index (χ3v) is 9.93. The van der Waals surface area contributed by atoms with Crippen LogP contribution in [0.1, 0.15) is 24.0 Å². The number of rotatable bonds is 7. The molecule has 240 valence electrons. The molecule has 8 aromatic rings. The van der Waals surface area contributed by atoms with Gasteiger partial charge in [0.05, 0.1) is 22.1 Å². The van der Waals surface area contributed by atoms with Gasteiger partial charge in [0.15, 0.2) is 0 Å². The molecule has 50 heavy (non-hydrogen) atoms. The van der Waals surface area contributed by atoms with E-state index in [1.165, 1.54) is 54.9 Å². The van der Waals surface area contributed by atoms with Gasteiger partial charge in [-0.1, -0.05) is 134 Å². The highest BCUT2D eigenvalue weighted by Crippen LogP contribution is 2.41. The Hall–Kier alpha value is -6.32. The number of fused-ring (bicyclic) bond motifs is 7. The fourth-order valence-electron chi connectivity index (χ4n) is 7.68. The Kier molecular flexibility index (Phi) is 7.51. The Labute approximate surface area is 292 Å². The van der Waals surface area contributed by atoms with E-state index in [1.807, 2.05) is 0 Å². The highest BCUT2D eigenvalue weighted by molar-refractivity contribution is 6.26. The molecule has 0 amide bonds. The summed E-state index contributed by atoms with van der Waals surface area (Å²) in [4.78, 5) is 0. The van der Waals surface area contributed by atoms with E-state index >= 15 is 0 Å². The monoisotopic (exact) mass is 643 g/mol. The second-order valence-electron chi connectivity index (χ2n) is 13.0. The first-order valence-electron chi connectivity index (χ1n) is 17.4. The van der Waals surface area contributed by atoms with Crippen molar-refractivity contribution in [1.29, 1.82) is 0 Å². The lowest BCUT2D eigenvalue weighted by molar-refractivity contribution is 1.04. The van der Waals surface area contributed by atoms with Gasteiger partial charge in [-0.15, -0.1) is 0 Å². The molecule has 0 bridgehead atoms. The molecule has 0 radical (unpaired) electrons. The average Bonchev–Trinajstić information content (AvgIpc) is 3.70. The van der Waals surface area contributed by atoms with Crippen LogP contribution >= 0.6 is 0 Å². The first-order chi connectivity index (χ1) is 24.7. The molecule has 3 heteroatoms. The zero-order valence-corrected chi connectivity index (χ0v) is 27.8. The molecule has 0 spiro atoms. The fourth-order valence-corrected chi connectivity index (χ4v) is 7.68. The topological polar surface area (TPSA) is 35.9 Å². The molecule has 9 rings (SSSR count). The molecule has 0 fully saturated rings. The van der Waals surface area contributed by atoms with Crippen molar-refractivity contribution in [2.75, 3.05) is 0 Å². The van der Waals surface area contributed by atoms with Gasteiger partial charge >= 0.3 is 0 Å². The molecule has 1 aliphatic rings. The van der Waals surface area contributed by atoms with Gasteiger partial charge in [-0.2, -0.15) is 0 Å². The summed E-state index contributed by atoms with van der Waals surface area (Å²) in [6.07, 6.45) is 16.3. The predicted molar refractivity (Wildman–Crippen MR) is 213 cm³/mol. The number of hydrogen-bond acceptors (Lipinski definition) is 1. The third-order valence-electron chi connectivity index (χ3n) is 9.93. The predicted octanol–water partition coefficient (Wildman–Crippen LogP) is 11.8. The van der Waals surface area contributed by atoms with E-state index in [0.717, 1.165) is 41.5 Å². The van der Waals surface area contributed by atoms with Crippen molar-refractivity contribution in [3.05, 3.63) is 187 Å². The van der Waals surface area contributed by atoms with Crippen LogP contribution < -0.4 is 5.73 Å². The summed E-state index contributed by atoms with van der Waals surface area (Å²) in [6, 6.07) is 50.0. The molecule has 2 N–H and O–H groups in total. The van der Waals surface area contributed by atoms with E-state index in [9.17, 15) is 0 Å². The second-order valence-corrected chi connectivity index (χ2v) is 13.0. The smallest absolute Gasteiger partial charge is 0.108 e. The van der Waals surface area contributed by atoms with Crippen LogP contribution in [0.2, 0.25) is 0 Å². The number of para-hydroxylation sites is 3. The van der Waals surface area contributed by atoms with Crippen LogP contribution in [0.15, 0.2) is 176 Å². The molecule has 0 saturated carbocycles. The van der Waals surface area contributed by atoms with Gasteiger partial charge in [0.25, 0.3) is 0 Å². The maximum absolute atomic E-state index is 7.08. The summed E-state index contributed by atoms with van der Waals surface area (Å²) >= 11 is 0. The Morgan fingerprint density at radius 2 is 1.34 bits per heavy atom. The molecule has 2 aromatic heterocycles. The lowest BCUT2D eigenvalue weighted by Gasteiger charge is -2.12. The molecular formula is C47H37N3. The molecule has 0 aliphatic heterocycles. The maximum Gasteiger partial charge on any atom is 0.108 e. The fraction of sp³-hybridized carbons (Fsp3) is 0.0638. The van der Waals surface area contributed by atoms with Crippen LogP contribution in [0.25, 0.3) is 71.8 Å². The maximum atomic E-state index is 7.08. The van der Waals surface area contributed by atoms with Gasteiger partial charge in [0.1, 0.15) is 5.82 Å². The van der Waals surface area contributed by atoms with E-state index in [0.29, 0.717) is 5.82 Å². The van der Waals surface area contributed by atoms with Crippen molar-refractivity contribution >= 4 is 55.0 Å².